The monoisotopic (exact) mass is 417 g/mol. The number of ether oxygens (including phenoxy) is 1. The van der Waals surface area contributed by atoms with Gasteiger partial charge < -0.3 is 15.0 Å². The van der Waals surface area contributed by atoms with E-state index < -0.39 is 0 Å². The second-order valence-electron chi connectivity index (χ2n) is 8.28. The van der Waals surface area contributed by atoms with Crippen LogP contribution >= 0.6 is 0 Å². The summed E-state index contributed by atoms with van der Waals surface area (Å²) in [5, 5.41) is 3.02. The molecule has 0 bridgehead atoms. The molecule has 1 fully saturated rings. The van der Waals surface area contributed by atoms with Crippen LogP contribution in [0.25, 0.3) is 0 Å². The number of benzene rings is 1. The van der Waals surface area contributed by atoms with Gasteiger partial charge in [-0.15, -0.1) is 0 Å². The minimum atomic E-state index is -0.111. The lowest BCUT2D eigenvalue weighted by Crippen LogP contribution is -2.35. The van der Waals surface area contributed by atoms with E-state index in [0.29, 0.717) is 23.7 Å². The normalized spacial score (nSPS) is 16.6. The van der Waals surface area contributed by atoms with Crippen molar-refractivity contribution in [3.05, 3.63) is 34.9 Å². The molecule has 0 aromatic heterocycles. The molecule has 1 aliphatic heterocycles. The zero-order valence-corrected chi connectivity index (χ0v) is 19.2. The lowest BCUT2D eigenvalue weighted by molar-refractivity contribution is 0.0755. The first-order chi connectivity index (χ1) is 14.5. The number of carbonyl (C=O) groups excluding carboxylic acids is 2. The summed E-state index contributed by atoms with van der Waals surface area (Å²) in [6, 6.07) is 5.97. The third-order valence-corrected chi connectivity index (χ3v) is 5.63. The molecule has 6 heteroatoms. The van der Waals surface area contributed by atoms with Crippen LogP contribution in [0.3, 0.4) is 0 Å². The second-order valence-corrected chi connectivity index (χ2v) is 8.28. The largest absolute Gasteiger partial charge is 0.383 e. The van der Waals surface area contributed by atoms with Crippen LogP contribution < -0.4 is 5.32 Å². The molecule has 1 aliphatic rings. The lowest BCUT2D eigenvalue weighted by atomic mass is 10.0. The number of methoxy groups -OCH3 is 1. The Balaban J connectivity index is 1.92. The highest BCUT2D eigenvalue weighted by molar-refractivity contribution is 6.00. The Morgan fingerprint density at radius 2 is 1.87 bits per heavy atom. The molecule has 0 aliphatic carbocycles. The number of nitrogens with zero attached hydrogens (tertiary/aromatic N) is 2. The minimum Gasteiger partial charge on any atom is -0.383 e. The Kier molecular flexibility index (Phi) is 10.3. The van der Waals surface area contributed by atoms with Crippen LogP contribution in [-0.2, 0) is 4.74 Å². The van der Waals surface area contributed by atoms with E-state index in [0.717, 1.165) is 57.6 Å². The number of carbonyl (C=O) groups is 2. The molecule has 168 valence electrons. The Labute approximate surface area is 182 Å². The predicted octanol–water partition coefficient (Wildman–Crippen LogP) is 3.49. The molecule has 0 spiro atoms. The van der Waals surface area contributed by atoms with Crippen molar-refractivity contribution in [3.63, 3.8) is 0 Å². The van der Waals surface area contributed by atoms with Gasteiger partial charge >= 0.3 is 0 Å². The summed E-state index contributed by atoms with van der Waals surface area (Å²) >= 11 is 0. The topological polar surface area (TPSA) is 61.9 Å². The number of aryl methyl sites for hydroxylation is 1. The van der Waals surface area contributed by atoms with Gasteiger partial charge in [0, 0.05) is 50.5 Å². The fourth-order valence-electron chi connectivity index (χ4n) is 4.23. The summed E-state index contributed by atoms with van der Waals surface area (Å²) in [6.07, 6.45) is 5.16. The van der Waals surface area contributed by atoms with Crippen molar-refractivity contribution in [1.29, 1.82) is 0 Å². The average Bonchev–Trinajstić information content (AvgIpc) is 3.17. The van der Waals surface area contributed by atoms with Crippen LogP contribution in [-0.4, -0.2) is 74.1 Å². The molecule has 1 heterocycles. The van der Waals surface area contributed by atoms with Crippen LogP contribution in [0.5, 0.6) is 0 Å². The van der Waals surface area contributed by atoms with Crippen molar-refractivity contribution in [2.45, 2.75) is 58.9 Å². The highest BCUT2D eigenvalue weighted by atomic mass is 16.5. The van der Waals surface area contributed by atoms with Crippen molar-refractivity contribution in [3.8, 4) is 0 Å². The van der Waals surface area contributed by atoms with Gasteiger partial charge in [-0.2, -0.15) is 0 Å². The molecule has 1 atom stereocenters. The van der Waals surface area contributed by atoms with Crippen molar-refractivity contribution in [1.82, 2.24) is 15.1 Å². The maximum Gasteiger partial charge on any atom is 0.253 e. The Morgan fingerprint density at radius 1 is 1.17 bits per heavy atom. The molecule has 1 aromatic rings. The van der Waals surface area contributed by atoms with Gasteiger partial charge in [-0.1, -0.05) is 13.8 Å². The van der Waals surface area contributed by atoms with E-state index in [1.165, 1.54) is 12.8 Å². The fourth-order valence-corrected chi connectivity index (χ4v) is 4.23. The van der Waals surface area contributed by atoms with E-state index in [1.807, 2.05) is 24.0 Å². The van der Waals surface area contributed by atoms with Crippen molar-refractivity contribution >= 4 is 11.8 Å². The molecule has 1 unspecified atom stereocenters. The summed E-state index contributed by atoms with van der Waals surface area (Å²) < 4.78 is 5.30. The SMILES string of the molecule is CCCN(CCC)C(=O)c1cc(C)cc(C(=O)NCCCN2CCCC2COC)c1. The Morgan fingerprint density at radius 3 is 2.53 bits per heavy atom. The molecule has 6 nitrogen and oxygen atoms in total. The number of rotatable bonds is 12. The number of amides is 2. The van der Waals surface area contributed by atoms with E-state index >= 15 is 0 Å². The molecular formula is C24H39N3O3. The maximum absolute atomic E-state index is 12.9. The fraction of sp³-hybridized carbons (Fsp3) is 0.667. The highest BCUT2D eigenvalue weighted by Crippen LogP contribution is 2.17. The van der Waals surface area contributed by atoms with Gasteiger partial charge in [0.05, 0.1) is 6.61 Å². The summed E-state index contributed by atoms with van der Waals surface area (Å²) in [5.41, 5.74) is 2.09. The van der Waals surface area contributed by atoms with Gasteiger partial charge in [-0.05, 0) is 69.3 Å². The average molecular weight is 418 g/mol. The zero-order chi connectivity index (χ0) is 21.9. The smallest absolute Gasteiger partial charge is 0.253 e. The molecule has 1 aromatic carbocycles. The summed E-state index contributed by atoms with van der Waals surface area (Å²) in [7, 11) is 1.75. The van der Waals surface area contributed by atoms with E-state index in [2.05, 4.69) is 24.1 Å². The van der Waals surface area contributed by atoms with Crippen LogP contribution in [0, 0.1) is 6.92 Å². The van der Waals surface area contributed by atoms with E-state index in [1.54, 1.807) is 13.2 Å². The van der Waals surface area contributed by atoms with Gasteiger partial charge in [-0.25, -0.2) is 0 Å². The number of hydrogen-bond acceptors (Lipinski definition) is 4. The molecule has 0 radical (unpaired) electrons. The molecule has 0 saturated carbocycles. The summed E-state index contributed by atoms with van der Waals surface area (Å²) in [5.74, 6) is -0.102. The quantitative estimate of drug-likeness (QED) is 0.529. The first-order valence-electron chi connectivity index (χ1n) is 11.4. The minimum absolute atomic E-state index is 0.00895. The molecule has 30 heavy (non-hydrogen) atoms. The molecule has 1 saturated heterocycles. The number of nitrogens with one attached hydrogen (secondary N) is 1. The Bertz CT molecular complexity index is 686. The molecule has 1 N–H and O–H groups in total. The van der Waals surface area contributed by atoms with Gasteiger partial charge in [-0.3, -0.25) is 14.5 Å². The van der Waals surface area contributed by atoms with E-state index in [4.69, 9.17) is 4.74 Å². The second kappa shape index (κ2) is 12.7. The lowest BCUT2D eigenvalue weighted by Gasteiger charge is -2.23. The molecule has 2 amide bonds. The van der Waals surface area contributed by atoms with Crippen LogP contribution in [0.1, 0.15) is 72.2 Å². The van der Waals surface area contributed by atoms with Crippen molar-refractivity contribution in [2.75, 3.05) is 46.4 Å². The number of hydrogen-bond donors (Lipinski definition) is 1. The van der Waals surface area contributed by atoms with Gasteiger partial charge in [0.25, 0.3) is 11.8 Å². The first kappa shape index (κ1) is 24.4. The van der Waals surface area contributed by atoms with E-state index in [9.17, 15) is 9.59 Å². The Hall–Kier alpha value is -1.92. The highest BCUT2D eigenvalue weighted by Gasteiger charge is 2.23. The van der Waals surface area contributed by atoms with Gasteiger partial charge in [0.15, 0.2) is 0 Å². The first-order valence-corrected chi connectivity index (χ1v) is 11.4. The zero-order valence-electron chi connectivity index (χ0n) is 19.2. The summed E-state index contributed by atoms with van der Waals surface area (Å²) in [6.45, 7) is 11.0. The van der Waals surface area contributed by atoms with Crippen LogP contribution in [0.2, 0.25) is 0 Å². The van der Waals surface area contributed by atoms with Crippen LogP contribution in [0.15, 0.2) is 18.2 Å². The summed E-state index contributed by atoms with van der Waals surface area (Å²) in [4.78, 5) is 29.9. The number of likely N-dealkylation sites (tertiary alicyclic amines) is 1. The standard InChI is InChI=1S/C24H39N3O3/c1-5-11-27(12-6-2)24(29)21-16-19(3)15-20(17-21)23(28)25-10-8-14-26-13-7-9-22(26)18-30-4/h15-17,22H,5-14,18H2,1-4H3,(H,25,28). The van der Waals surface area contributed by atoms with E-state index in [-0.39, 0.29) is 11.8 Å². The van der Waals surface area contributed by atoms with Crippen molar-refractivity contribution in [2.24, 2.45) is 0 Å². The third kappa shape index (κ3) is 7.10. The molecular weight excluding hydrogens is 378 g/mol. The van der Waals surface area contributed by atoms with Crippen LogP contribution in [0.4, 0.5) is 0 Å². The maximum atomic E-state index is 12.9. The van der Waals surface area contributed by atoms with Gasteiger partial charge in [0.2, 0.25) is 0 Å². The third-order valence-electron chi connectivity index (χ3n) is 5.63. The van der Waals surface area contributed by atoms with Crippen molar-refractivity contribution < 1.29 is 14.3 Å². The van der Waals surface area contributed by atoms with Gasteiger partial charge in [0.1, 0.15) is 0 Å². The molecule has 2 rings (SSSR count). The predicted molar refractivity (Wildman–Crippen MR) is 121 cm³/mol.